The summed E-state index contributed by atoms with van der Waals surface area (Å²) in [5.74, 6) is 0.827. The molecule has 0 radical (unpaired) electrons. The fourth-order valence-electron chi connectivity index (χ4n) is 2.95. The van der Waals surface area contributed by atoms with Crippen molar-refractivity contribution in [1.29, 1.82) is 0 Å². The van der Waals surface area contributed by atoms with Crippen LogP contribution in [0.4, 0.5) is 11.4 Å². The third-order valence-corrected chi connectivity index (χ3v) is 5.62. The number of aromatic nitrogens is 1. The predicted octanol–water partition coefficient (Wildman–Crippen LogP) is 3.28. The first-order valence-corrected chi connectivity index (χ1v) is 10.0. The maximum atomic E-state index is 11.3. The van der Waals surface area contributed by atoms with Crippen molar-refractivity contribution in [3.63, 3.8) is 0 Å². The number of nitrogens with zero attached hydrogens (tertiary/aromatic N) is 3. The van der Waals surface area contributed by atoms with E-state index in [4.69, 9.17) is 4.74 Å². The highest BCUT2D eigenvalue weighted by Crippen LogP contribution is 2.26. The third-order valence-electron chi connectivity index (χ3n) is 4.45. The summed E-state index contributed by atoms with van der Waals surface area (Å²) in [7, 11) is 0. The van der Waals surface area contributed by atoms with Gasteiger partial charge in [0.25, 0.3) is 0 Å². The summed E-state index contributed by atoms with van der Waals surface area (Å²) in [6, 6.07) is 12.0. The molecular formula is C19H24N4O3S. The Morgan fingerprint density at radius 2 is 2.04 bits per heavy atom. The summed E-state index contributed by atoms with van der Waals surface area (Å²) in [6.07, 6.45) is 3.78. The zero-order valence-corrected chi connectivity index (χ0v) is 15.9. The lowest BCUT2D eigenvalue weighted by Gasteiger charge is -2.28. The van der Waals surface area contributed by atoms with Crippen molar-refractivity contribution in [2.24, 2.45) is 0 Å². The Morgan fingerprint density at radius 3 is 2.78 bits per heavy atom. The van der Waals surface area contributed by atoms with E-state index in [9.17, 15) is 10.1 Å². The quantitative estimate of drug-likeness (QED) is 0.401. The van der Waals surface area contributed by atoms with Gasteiger partial charge in [-0.25, -0.2) is 0 Å². The van der Waals surface area contributed by atoms with Crippen LogP contribution in [0.5, 0.6) is 0 Å². The average Bonchev–Trinajstić information content (AvgIpc) is 2.72. The number of nitrogens with one attached hydrogen (secondary N) is 1. The number of thioether (sulfide) groups is 1. The van der Waals surface area contributed by atoms with Gasteiger partial charge in [-0.15, -0.1) is 11.8 Å². The van der Waals surface area contributed by atoms with Crippen LogP contribution in [0.15, 0.2) is 53.7 Å². The number of ether oxygens (including phenoxy) is 1. The number of morpholine rings is 1. The second kappa shape index (κ2) is 10.2. The van der Waals surface area contributed by atoms with E-state index in [2.05, 4.69) is 27.3 Å². The highest BCUT2D eigenvalue weighted by Gasteiger charge is 2.19. The molecule has 1 aromatic heterocycles. The van der Waals surface area contributed by atoms with Gasteiger partial charge in [0.1, 0.15) is 11.9 Å². The lowest BCUT2D eigenvalue weighted by molar-refractivity contribution is -0.384. The molecule has 0 spiro atoms. The summed E-state index contributed by atoms with van der Waals surface area (Å²) in [6.45, 7) is 4.36. The van der Waals surface area contributed by atoms with E-state index in [-0.39, 0.29) is 11.7 Å². The molecule has 0 amide bonds. The number of benzene rings is 1. The number of anilines is 1. The fourth-order valence-corrected chi connectivity index (χ4v) is 3.94. The van der Waals surface area contributed by atoms with E-state index in [1.807, 2.05) is 18.2 Å². The molecule has 1 aromatic carbocycles. The van der Waals surface area contributed by atoms with Gasteiger partial charge < -0.3 is 10.1 Å². The Hall–Kier alpha value is -2.16. The SMILES string of the molecule is O=[N+]([O-])c1cnccc1N[C@H](CCN1CCOCC1)CSc1ccccc1. The zero-order valence-electron chi connectivity index (χ0n) is 15.1. The molecule has 7 nitrogen and oxygen atoms in total. The molecule has 1 aliphatic rings. The van der Waals surface area contributed by atoms with E-state index in [0.29, 0.717) is 5.69 Å². The van der Waals surface area contributed by atoms with Crippen LogP contribution in [0.2, 0.25) is 0 Å². The van der Waals surface area contributed by atoms with Gasteiger partial charge in [-0.3, -0.25) is 20.0 Å². The number of hydrogen-bond donors (Lipinski definition) is 1. The summed E-state index contributed by atoms with van der Waals surface area (Å²) >= 11 is 1.76. The van der Waals surface area contributed by atoms with Crippen molar-refractivity contribution in [3.8, 4) is 0 Å². The molecule has 0 saturated carbocycles. The van der Waals surface area contributed by atoms with Gasteiger partial charge in [-0.1, -0.05) is 18.2 Å². The minimum atomic E-state index is -0.390. The summed E-state index contributed by atoms with van der Waals surface area (Å²) in [4.78, 5) is 18.3. The number of nitro groups is 1. The molecule has 2 aromatic rings. The van der Waals surface area contributed by atoms with Crippen LogP contribution in [0, 0.1) is 10.1 Å². The van der Waals surface area contributed by atoms with Crippen LogP contribution >= 0.6 is 11.8 Å². The van der Waals surface area contributed by atoms with Crippen LogP contribution in [0.1, 0.15) is 6.42 Å². The van der Waals surface area contributed by atoms with Crippen LogP contribution in [0.3, 0.4) is 0 Å². The van der Waals surface area contributed by atoms with E-state index in [0.717, 1.165) is 45.0 Å². The lowest BCUT2D eigenvalue weighted by atomic mass is 10.2. The van der Waals surface area contributed by atoms with Gasteiger partial charge in [-0.05, 0) is 24.6 Å². The second-order valence-electron chi connectivity index (χ2n) is 6.36. The zero-order chi connectivity index (χ0) is 18.9. The molecule has 144 valence electrons. The Bertz CT molecular complexity index is 726. The minimum Gasteiger partial charge on any atom is -0.379 e. The molecule has 3 rings (SSSR count). The predicted molar refractivity (Wildman–Crippen MR) is 107 cm³/mol. The second-order valence-corrected chi connectivity index (χ2v) is 7.45. The Morgan fingerprint density at radius 1 is 1.26 bits per heavy atom. The van der Waals surface area contributed by atoms with E-state index in [1.165, 1.54) is 11.1 Å². The van der Waals surface area contributed by atoms with Crippen LogP contribution in [-0.2, 0) is 4.74 Å². The van der Waals surface area contributed by atoms with Crippen LogP contribution < -0.4 is 5.32 Å². The molecule has 0 aliphatic carbocycles. The maximum absolute atomic E-state index is 11.3. The Labute approximate surface area is 163 Å². The molecule has 2 heterocycles. The van der Waals surface area contributed by atoms with E-state index in [1.54, 1.807) is 24.0 Å². The van der Waals surface area contributed by atoms with E-state index < -0.39 is 4.92 Å². The van der Waals surface area contributed by atoms with Gasteiger partial charge in [-0.2, -0.15) is 0 Å². The standard InChI is InChI=1S/C19H24N4O3S/c24-23(25)19-14-20-8-6-18(19)21-16(7-9-22-10-12-26-13-11-22)15-27-17-4-2-1-3-5-17/h1-6,8,14,16H,7,9-13,15H2,(H,20,21)/t16-/m1/s1. The molecule has 0 bridgehead atoms. The number of rotatable bonds is 9. The van der Waals surface area contributed by atoms with Gasteiger partial charge in [0, 0.05) is 42.5 Å². The van der Waals surface area contributed by atoms with Gasteiger partial charge in [0.15, 0.2) is 0 Å². The van der Waals surface area contributed by atoms with Gasteiger partial charge in [0.2, 0.25) is 0 Å². The highest BCUT2D eigenvalue weighted by atomic mass is 32.2. The van der Waals surface area contributed by atoms with Crippen LogP contribution in [0.25, 0.3) is 0 Å². The Balaban J connectivity index is 1.65. The van der Waals surface area contributed by atoms with Crippen LogP contribution in [-0.4, -0.2) is 59.4 Å². The fraction of sp³-hybridized carbons (Fsp3) is 0.421. The van der Waals surface area contributed by atoms with Crippen molar-refractivity contribution >= 4 is 23.1 Å². The normalized spacial score (nSPS) is 16.0. The minimum absolute atomic E-state index is 0.0126. The topological polar surface area (TPSA) is 80.5 Å². The summed E-state index contributed by atoms with van der Waals surface area (Å²) in [5.41, 5.74) is 0.536. The van der Waals surface area contributed by atoms with E-state index >= 15 is 0 Å². The molecule has 1 fully saturated rings. The van der Waals surface area contributed by atoms with Crippen molar-refractivity contribution in [2.75, 3.05) is 43.9 Å². The van der Waals surface area contributed by atoms with Crippen molar-refractivity contribution in [3.05, 3.63) is 58.9 Å². The molecule has 8 heteroatoms. The van der Waals surface area contributed by atoms with Crippen molar-refractivity contribution in [1.82, 2.24) is 9.88 Å². The highest BCUT2D eigenvalue weighted by molar-refractivity contribution is 7.99. The molecule has 27 heavy (non-hydrogen) atoms. The first kappa shape index (κ1) is 19.6. The van der Waals surface area contributed by atoms with Crippen molar-refractivity contribution < 1.29 is 9.66 Å². The monoisotopic (exact) mass is 388 g/mol. The Kier molecular flexibility index (Phi) is 7.44. The molecule has 1 aliphatic heterocycles. The molecule has 1 saturated heterocycles. The summed E-state index contributed by atoms with van der Waals surface area (Å²) < 4.78 is 5.41. The largest absolute Gasteiger partial charge is 0.379 e. The number of pyridine rings is 1. The molecular weight excluding hydrogens is 364 g/mol. The summed E-state index contributed by atoms with van der Waals surface area (Å²) in [5, 5.41) is 14.7. The van der Waals surface area contributed by atoms with Gasteiger partial charge in [0.05, 0.1) is 18.1 Å². The third kappa shape index (κ3) is 6.20. The smallest absolute Gasteiger partial charge is 0.310 e. The van der Waals surface area contributed by atoms with Crippen molar-refractivity contribution in [2.45, 2.75) is 17.4 Å². The average molecular weight is 388 g/mol. The lowest BCUT2D eigenvalue weighted by Crippen LogP contribution is -2.39. The van der Waals surface area contributed by atoms with Gasteiger partial charge >= 0.3 is 5.69 Å². The first-order valence-electron chi connectivity index (χ1n) is 9.05. The maximum Gasteiger partial charge on any atom is 0.310 e. The number of hydrogen-bond acceptors (Lipinski definition) is 7. The molecule has 1 atom stereocenters. The molecule has 0 unspecified atom stereocenters. The molecule has 1 N–H and O–H groups in total. The first-order chi connectivity index (χ1) is 13.2.